The van der Waals surface area contributed by atoms with Crippen LogP contribution < -0.4 is 9.47 Å². The Morgan fingerprint density at radius 1 is 0.897 bits per heavy atom. The number of carbonyl (C=O) groups excluding carboxylic acids is 2. The fraction of sp³-hybridized carbons (Fsp3) is 0.364. The van der Waals surface area contributed by atoms with Crippen molar-refractivity contribution in [3.05, 3.63) is 54.1 Å². The van der Waals surface area contributed by atoms with E-state index in [1.165, 1.54) is 6.07 Å². The molecular weight excluding hydrogens is 372 g/mol. The molecule has 7 heteroatoms. The van der Waals surface area contributed by atoms with Gasteiger partial charge in [0.15, 0.2) is 18.1 Å². The van der Waals surface area contributed by atoms with E-state index in [1.54, 1.807) is 40.1 Å². The third-order valence-corrected chi connectivity index (χ3v) is 4.77. The van der Waals surface area contributed by atoms with Crippen LogP contribution in [0.25, 0.3) is 0 Å². The highest BCUT2D eigenvalue weighted by molar-refractivity contribution is 5.96. The standard InChI is InChI=1S/C22H26N2O5/c1-2-28-19-10-5-6-11-20(19)29-16-21(26)23-12-7-13-24(15-14-23)22(27)17-8-3-4-9-18(17)25/h3-6,8-11,25H,2,7,12-16H2,1H3. The van der Waals surface area contributed by atoms with Crippen molar-refractivity contribution < 1.29 is 24.2 Å². The van der Waals surface area contributed by atoms with Crippen molar-refractivity contribution in [3.8, 4) is 17.2 Å². The molecule has 0 bridgehead atoms. The molecule has 0 aliphatic carbocycles. The number of amides is 2. The Morgan fingerprint density at radius 3 is 2.24 bits per heavy atom. The first-order valence-corrected chi connectivity index (χ1v) is 9.79. The molecular formula is C22H26N2O5. The van der Waals surface area contributed by atoms with Gasteiger partial charge in [0.05, 0.1) is 12.2 Å². The van der Waals surface area contributed by atoms with Gasteiger partial charge in [-0.3, -0.25) is 9.59 Å². The number of nitrogens with zero attached hydrogens (tertiary/aromatic N) is 2. The Balaban J connectivity index is 1.56. The number of benzene rings is 2. The average molecular weight is 398 g/mol. The predicted molar refractivity (Wildman–Crippen MR) is 108 cm³/mol. The van der Waals surface area contributed by atoms with Gasteiger partial charge in [-0.15, -0.1) is 0 Å². The van der Waals surface area contributed by atoms with E-state index in [-0.39, 0.29) is 29.7 Å². The van der Waals surface area contributed by atoms with Crippen molar-refractivity contribution in [3.63, 3.8) is 0 Å². The molecule has 154 valence electrons. The molecule has 1 aliphatic rings. The zero-order chi connectivity index (χ0) is 20.6. The van der Waals surface area contributed by atoms with E-state index in [0.29, 0.717) is 50.7 Å². The molecule has 7 nitrogen and oxygen atoms in total. The molecule has 2 amide bonds. The maximum absolute atomic E-state index is 12.7. The predicted octanol–water partition coefficient (Wildman–Crippen LogP) is 2.54. The van der Waals surface area contributed by atoms with Gasteiger partial charge < -0.3 is 24.4 Å². The van der Waals surface area contributed by atoms with Gasteiger partial charge in [0, 0.05) is 26.2 Å². The van der Waals surface area contributed by atoms with E-state index < -0.39 is 0 Å². The number of phenolic OH excluding ortho intramolecular Hbond substituents is 1. The Hall–Kier alpha value is -3.22. The summed E-state index contributed by atoms with van der Waals surface area (Å²) in [5.74, 6) is 0.760. The van der Waals surface area contributed by atoms with Crippen LogP contribution in [0.2, 0.25) is 0 Å². The van der Waals surface area contributed by atoms with Gasteiger partial charge >= 0.3 is 0 Å². The second-order valence-electron chi connectivity index (χ2n) is 6.71. The normalized spacial score (nSPS) is 14.2. The number of carbonyl (C=O) groups is 2. The summed E-state index contributed by atoms with van der Waals surface area (Å²) in [6.07, 6.45) is 0.667. The zero-order valence-corrected chi connectivity index (χ0v) is 16.5. The van der Waals surface area contributed by atoms with Gasteiger partial charge in [0.1, 0.15) is 5.75 Å². The minimum absolute atomic E-state index is 0.0314. The average Bonchev–Trinajstić information content (AvgIpc) is 2.99. The van der Waals surface area contributed by atoms with Crippen LogP contribution in [-0.2, 0) is 4.79 Å². The minimum atomic E-state index is -0.223. The van der Waals surface area contributed by atoms with Crippen LogP contribution in [0, 0.1) is 0 Å². The van der Waals surface area contributed by atoms with Crippen LogP contribution in [0.15, 0.2) is 48.5 Å². The maximum atomic E-state index is 12.7. The van der Waals surface area contributed by atoms with Gasteiger partial charge in [0.2, 0.25) is 0 Å². The lowest BCUT2D eigenvalue weighted by Gasteiger charge is -2.22. The largest absolute Gasteiger partial charge is 0.507 e. The van der Waals surface area contributed by atoms with Crippen LogP contribution in [0.3, 0.4) is 0 Å². The van der Waals surface area contributed by atoms with Crippen LogP contribution in [0.1, 0.15) is 23.7 Å². The highest BCUT2D eigenvalue weighted by atomic mass is 16.5. The van der Waals surface area contributed by atoms with Crippen molar-refractivity contribution in [2.75, 3.05) is 39.4 Å². The Kier molecular flexibility index (Phi) is 6.94. The second kappa shape index (κ2) is 9.82. The maximum Gasteiger partial charge on any atom is 0.260 e. The third-order valence-electron chi connectivity index (χ3n) is 4.77. The van der Waals surface area contributed by atoms with Crippen molar-refractivity contribution in [2.45, 2.75) is 13.3 Å². The monoisotopic (exact) mass is 398 g/mol. The molecule has 0 aromatic heterocycles. The SMILES string of the molecule is CCOc1ccccc1OCC(=O)N1CCCN(C(=O)c2ccccc2O)CC1. The molecule has 3 rings (SSSR count). The number of para-hydroxylation sites is 3. The molecule has 0 spiro atoms. The van der Waals surface area contributed by atoms with Crippen molar-refractivity contribution >= 4 is 11.8 Å². The third kappa shape index (κ3) is 5.19. The van der Waals surface area contributed by atoms with Crippen LogP contribution in [-0.4, -0.2) is 66.1 Å². The summed E-state index contributed by atoms with van der Waals surface area (Å²) in [4.78, 5) is 28.7. The summed E-state index contributed by atoms with van der Waals surface area (Å²) in [6.45, 7) is 4.24. The van der Waals surface area contributed by atoms with Crippen molar-refractivity contribution in [1.29, 1.82) is 0 Å². The molecule has 2 aromatic rings. The van der Waals surface area contributed by atoms with Crippen LogP contribution >= 0.6 is 0 Å². The summed E-state index contributed by atoms with van der Waals surface area (Å²) in [6, 6.07) is 13.8. The lowest BCUT2D eigenvalue weighted by Crippen LogP contribution is -2.39. The molecule has 0 saturated carbocycles. The van der Waals surface area contributed by atoms with Gasteiger partial charge in [-0.05, 0) is 37.6 Å². The zero-order valence-electron chi connectivity index (χ0n) is 16.5. The molecule has 29 heavy (non-hydrogen) atoms. The van der Waals surface area contributed by atoms with Crippen molar-refractivity contribution in [2.24, 2.45) is 0 Å². The van der Waals surface area contributed by atoms with E-state index >= 15 is 0 Å². The van der Waals surface area contributed by atoms with Gasteiger partial charge in [-0.1, -0.05) is 24.3 Å². The highest BCUT2D eigenvalue weighted by Crippen LogP contribution is 2.26. The number of ether oxygens (including phenoxy) is 2. The van der Waals surface area contributed by atoms with E-state index in [2.05, 4.69) is 0 Å². The molecule has 1 fully saturated rings. The van der Waals surface area contributed by atoms with Gasteiger partial charge in [-0.25, -0.2) is 0 Å². The van der Waals surface area contributed by atoms with Crippen LogP contribution in [0.5, 0.6) is 17.2 Å². The number of phenols is 1. The summed E-state index contributed by atoms with van der Waals surface area (Å²) in [5.41, 5.74) is 0.281. The Bertz CT molecular complexity index is 855. The summed E-state index contributed by atoms with van der Waals surface area (Å²) in [5, 5.41) is 9.92. The van der Waals surface area contributed by atoms with E-state index in [9.17, 15) is 14.7 Å². The lowest BCUT2D eigenvalue weighted by atomic mass is 10.1. The first kappa shape index (κ1) is 20.5. The molecule has 1 heterocycles. The number of hydrogen-bond acceptors (Lipinski definition) is 5. The summed E-state index contributed by atoms with van der Waals surface area (Å²) in [7, 11) is 0. The molecule has 0 atom stereocenters. The van der Waals surface area contributed by atoms with Gasteiger partial charge in [-0.2, -0.15) is 0 Å². The number of rotatable bonds is 6. The molecule has 2 aromatic carbocycles. The van der Waals surface area contributed by atoms with Crippen molar-refractivity contribution in [1.82, 2.24) is 9.80 Å². The summed E-state index contributed by atoms with van der Waals surface area (Å²) < 4.78 is 11.2. The number of aromatic hydroxyl groups is 1. The minimum Gasteiger partial charge on any atom is -0.507 e. The molecule has 0 unspecified atom stereocenters. The molecule has 0 radical (unpaired) electrons. The van der Waals surface area contributed by atoms with Crippen LogP contribution in [0.4, 0.5) is 0 Å². The lowest BCUT2D eigenvalue weighted by molar-refractivity contribution is -0.133. The topological polar surface area (TPSA) is 79.3 Å². The second-order valence-corrected chi connectivity index (χ2v) is 6.71. The number of hydrogen-bond donors (Lipinski definition) is 1. The molecule has 1 saturated heterocycles. The first-order chi connectivity index (χ1) is 14.1. The molecule has 1 aliphatic heterocycles. The molecule has 1 N–H and O–H groups in total. The first-order valence-electron chi connectivity index (χ1n) is 9.79. The van der Waals surface area contributed by atoms with E-state index in [4.69, 9.17) is 9.47 Å². The fourth-order valence-electron chi connectivity index (χ4n) is 3.27. The quantitative estimate of drug-likeness (QED) is 0.809. The smallest absolute Gasteiger partial charge is 0.260 e. The Labute approximate surface area is 170 Å². The van der Waals surface area contributed by atoms with E-state index in [0.717, 1.165) is 0 Å². The highest BCUT2D eigenvalue weighted by Gasteiger charge is 2.24. The fourth-order valence-corrected chi connectivity index (χ4v) is 3.27. The Morgan fingerprint density at radius 2 is 1.52 bits per heavy atom. The van der Waals surface area contributed by atoms with E-state index in [1.807, 2.05) is 19.1 Å². The van der Waals surface area contributed by atoms with Gasteiger partial charge in [0.25, 0.3) is 11.8 Å². The summed E-state index contributed by atoms with van der Waals surface area (Å²) >= 11 is 0.